The summed E-state index contributed by atoms with van der Waals surface area (Å²) < 4.78 is 1.18. The predicted octanol–water partition coefficient (Wildman–Crippen LogP) is 4.03. The van der Waals surface area contributed by atoms with Crippen molar-refractivity contribution in [3.8, 4) is 0 Å². The summed E-state index contributed by atoms with van der Waals surface area (Å²) in [6, 6.07) is 30.0. The maximum absolute atomic E-state index is 13.2. The Morgan fingerprint density at radius 3 is 2.00 bits per heavy atom. The Bertz CT molecular complexity index is 1090. The van der Waals surface area contributed by atoms with Gasteiger partial charge >= 0.3 is 0 Å². The van der Waals surface area contributed by atoms with Crippen LogP contribution in [-0.4, -0.2) is 37.0 Å². The highest BCUT2D eigenvalue weighted by molar-refractivity contribution is 7.17. The maximum atomic E-state index is 13.2. The molecule has 0 bridgehead atoms. The van der Waals surface area contributed by atoms with Crippen LogP contribution in [0.4, 0.5) is 0 Å². The van der Waals surface area contributed by atoms with E-state index in [2.05, 4.69) is 72.8 Å². The van der Waals surface area contributed by atoms with Gasteiger partial charge in [0.05, 0.1) is 31.7 Å². The molecule has 30 heavy (non-hydrogen) atoms. The molecule has 0 saturated carbocycles. The second-order valence-corrected chi connectivity index (χ2v) is 8.76. The Morgan fingerprint density at radius 2 is 1.37 bits per heavy atom. The molecule has 0 atom stereocenters. The van der Waals surface area contributed by atoms with Gasteiger partial charge < -0.3 is 9.80 Å². The number of hydrogen-bond donors (Lipinski definition) is 1. The highest BCUT2D eigenvalue weighted by Gasteiger charge is 2.32. The fourth-order valence-corrected chi connectivity index (χ4v) is 5.49. The second-order valence-electron chi connectivity index (χ2n) is 7.85. The normalized spacial score (nSPS) is 15.0. The number of carbonyl (C=O) groups excluding carboxylic acids is 1. The molecule has 150 valence electrons. The van der Waals surface area contributed by atoms with Crippen molar-refractivity contribution in [2.45, 2.75) is 6.04 Å². The number of nitrogens with zero attached hydrogens (tertiary/aromatic N) is 1. The zero-order valence-electron chi connectivity index (χ0n) is 16.8. The third-order valence-corrected chi connectivity index (χ3v) is 7.04. The molecule has 1 aromatic heterocycles. The second kappa shape index (κ2) is 8.42. The quantitative estimate of drug-likeness (QED) is 0.537. The first kappa shape index (κ1) is 19.0. The number of quaternary nitrogens is 1. The van der Waals surface area contributed by atoms with E-state index in [9.17, 15) is 4.79 Å². The van der Waals surface area contributed by atoms with Crippen LogP contribution in [0.2, 0.25) is 0 Å². The van der Waals surface area contributed by atoms with E-state index in [0.29, 0.717) is 6.04 Å². The molecule has 4 heteroatoms. The van der Waals surface area contributed by atoms with Crippen LogP contribution in [0.5, 0.6) is 0 Å². The molecular formula is C26H25N2OS+. The Balaban J connectivity index is 1.35. The zero-order chi connectivity index (χ0) is 20.3. The summed E-state index contributed by atoms with van der Waals surface area (Å²) in [7, 11) is 0. The average molecular weight is 414 g/mol. The first-order chi connectivity index (χ1) is 14.8. The van der Waals surface area contributed by atoms with E-state index < -0.39 is 0 Å². The highest BCUT2D eigenvalue weighted by atomic mass is 32.1. The molecule has 3 aromatic carbocycles. The van der Waals surface area contributed by atoms with Crippen molar-refractivity contribution in [2.24, 2.45) is 0 Å². The predicted molar refractivity (Wildman–Crippen MR) is 123 cm³/mol. The molecule has 1 aliphatic rings. The van der Waals surface area contributed by atoms with Crippen molar-refractivity contribution in [3.05, 3.63) is 107 Å². The Hall–Kier alpha value is -2.95. The molecule has 0 radical (unpaired) electrons. The number of rotatable bonds is 4. The van der Waals surface area contributed by atoms with Crippen molar-refractivity contribution in [1.29, 1.82) is 0 Å². The minimum atomic E-state index is 0.169. The van der Waals surface area contributed by atoms with E-state index in [1.807, 2.05) is 22.4 Å². The van der Waals surface area contributed by atoms with E-state index in [1.54, 1.807) is 11.3 Å². The van der Waals surface area contributed by atoms with Gasteiger partial charge in [0.15, 0.2) is 0 Å². The topological polar surface area (TPSA) is 24.8 Å². The lowest BCUT2D eigenvalue weighted by atomic mass is 9.96. The fourth-order valence-electron chi connectivity index (χ4n) is 4.55. The van der Waals surface area contributed by atoms with Gasteiger partial charge in [-0.25, -0.2) is 0 Å². The van der Waals surface area contributed by atoms with Crippen LogP contribution in [0.15, 0.2) is 90.3 Å². The van der Waals surface area contributed by atoms with Crippen molar-refractivity contribution in [2.75, 3.05) is 26.2 Å². The van der Waals surface area contributed by atoms with Gasteiger partial charge in [-0.3, -0.25) is 4.79 Å². The molecule has 4 aromatic rings. The Kier molecular flexibility index (Phi) is 5.35. The van der Waals surface area contributed by atoms with Crippen LogP contribution in [0.25, 0.3) is 10.1 Å². The third kappa shape index (κ3) is 3.64. The number of carbonyl (C=O) groups is 1. The van der Waals surface area contributed by atoms with Crippen molar-refractivity contribution in [3.63, 3.8) is 0 Å². The standard InChI is InChI=1S/C26H24N2OS/c29-26(23-19-30-24-14-8-7-13-22(23)24)28-17-15-27(16-18-28)25(20-9-3-1-4-10-20)21-11-5-2-6-12-21/h1-14,19,25H,15-18H2/p+1. The summed E-state index contributed by atoms with van der Waals surface area (Å²) >= 11 is 1.65. The van der Waals surface area contributed by atoms with E-state index in [0.717, 1.165) is 37.1 Å². The lowest BCUT2D eigenvalue weighted by Crippen LogP contribution is -3.15. The van der Waals surface area contributed by atoms with E-state index in [4.69, 9.17) is 0 Å². The van der Waals surface area contributed by atoms with Crippen molar-refractivity contribution in [1.82, 2.24) is 4.90 Å². The summed E-state index contributed by atoms with van der Waals surface area (Å²) in [5.41, 5.74) is 3.52. The van der Waals surface area contributed by atoms with Gasteiger partial charge in [0.2, 0.25) is 0 Å². The Labute approximate surface area is 181 Å². The highest BCUT2D eigenvalue weighted by Crippen LogP contribution is 2.27. The van der Waals surface area contributed by atoms with Gasteiger partial charge in [-0.05, 0) is 6.07 Å². The summed E-state index contributed by atoms with van der Waals surface area (Å²) in [4.78, 5) is 16.8. The van der Waals surface area contributed by atoms with Gasteiger partial charge in [0.1, 0.15) is 6.04 Å². The molecule has 5 rings (SSSR count). The number of thiophene rings is 1. The minimum Gasteiger partial charge on any atom is -0.327 e. The molecule has 0 spiro atoms. The van der Waals surface area contributed by atoms with E-state index in [-0.39, 0.29) is 5.91 Å². The molecule has 0 aliphatic carbocycles. The van der Waals surface area contributed by atoms with Crippen LogP contribution in [0.1, 0.15) is 27.5 Å². The fraction of sp³-hybridized carbons (Fsp3) is 0.192. The lowest BCUT2D eigenvalue weighted by molar-refractivity contribution is -0.929. The number of nitrogens with one attached hydrogen (secondary N) is 1. The number of fused-ring (bicyclic) bond motifs is 1. The van der Waals surface area contributed by atoms with Crippen LogP contribution in [-0.2, 0) is 0 Å². The minimum absolute atomic E-state index is 0.169. The number of piperazine rings is 1. The molecule has 1 N–H and O–H groups in total. The summed E-state index contributed by atoms with van der Waals surface area (Å²) in [5, 5.41) is 3.09. The Morgan fingerprint density at radius 1 is 0.800 bits per heavy atom. The van der Waals surface area contributed by atoms with Crippen molar-refractivity contribution < 1.29 is 9.69 Å². The van der Waals surface area contributed by atoms with Crippen molar-refractivity contribution >= 4 is 27.3 Å². The van der Waals surface area contributed by atoms with Gasteiger partial charge in [0.25, 0.3) is 5.91 Å². The number of amides is 1. The largest absolute Gasteiger partial charge is 0.327 e. The molecule has 1 aliphatic heterocycles. The molecule has 1 amide bonds. The monoisotopic (exact) mass is 413 g/mol. The van der Waals surface area contributed by atoms with Gasteiger partial charge in [-0.1, -0.05) is 78.9 Å². The average Bonchev–Trinajstić information content (AvgIpc) is 3.25. The SMILES string of the molecule is O=C(c1csc2ccccc12)N1CC[NH+](C(c2ccccc2)c2ccccc2)CC1. The van der Waals surface area contributed by atoms with Gasteiger partial charge in [-0.2, -0.15) is 0 Å². The first-order valence-corrected chi connectivity index (χ1v) is 11.4. The molecule has 3 nitrogen and oxygen atoms in total. The summed E-state index contributed by atoms with van der Waals surface area (Å²) in [6.45, 7) is 3.47. The molecular weight excluding hydrogens is 388 g/mol. The number of hydrogen-bond acceptors (Lipinski definition) is 2. The smallest absolute Gasteiger partial charge is 0.255 e. The first-order valence-electron chi connectivity index (χ1n) is 10.5. The summed E-state index contributed by atoms with van der Waals surface area (Å²) in [5.74, 6) is 0.169. The molecule has 0 unspecified atom stereocenters. The van der Waals surface area contributed by atoms with Crippen LogP contribution in [0.3, 0.4) is 0 Å². The van der Waals surface area contributed by atoms with Crippen LogP contribution < -0.4 is 4.90 Å². The number of benzene rings is 3. The summed E-state index contributed by atoms with van der Waals surface area (Å²) in [6.07, 6.45) is 0. The molecule has 1 fully saturated rings. The van der Waals surface area contributed by atoms with Crippen LogP contribution >= 0.6 is 11.3 Å². The third-order valence-electron chi connectivity index (χ3n) is 6.08. The van der Waals surface area contributed by atoms with E-state index >= 15 is 0 Å². The van der Waals surface area contributed by atoms with Crippen LogP contribution in [0, 0.1) is 0 Å². The lowest BCUT2D eigenvalue weighted by Gasteiger charge is -2.37. The van der Waals surface area contributed by atoms with E-state index in [1.165, 1.54) is 20.7 Å². The molecule has 2 heterocycles. The van der Waals surface area contributed by atoms with Gasteiger partial charge in [0, 0.05) is 26.6 Å². The molecule has 1 saturated heterocycles. The van der Waals surface area contributed by atoms with Gasteiger partial charge in [-0.15, -0.1) is 11.3 Å². The zero-order valence-corrected chi connectivity index (χ0v) is 17.6. The maximum Gasteiger partial charge on any atom is 0.255 e.